The molecule has 0 fully saturated rings. The van der Waals surface area contributed by atoms with E-state index in [0.717, 1.165) is 33.2 Å². The first-order chi connectivity index (χ1) is 15.4. The van der Waals surface area contributed by atoms with Gasteiger partial charge in [0.05, 0.1) is 11.0 Å². The van der Waals surface area contributed by atoms with Crippen molar-refractivity contribution in [1.29, 1.82) is 0 Å². The number of carbonyl (C=O) groups excluding carboxylic acids is 1. The van der Waals surface area contributed by atoms with Gasteiger partial charge >= 0.3 is 0 Å². The van der Waals surface area contributed by atoms with E-state index in [1.807, 2.05) is 18.2 Å². The number of aliphatic hydroxyl groups excluding tert-OH is 1. The van der Waals surface area contributed by atoms with Crippen LogP contribution in [-0.2, 0) is 6.42 Å². The van der Waals surface area contributed by atoms with Gasteiger partial charge in [-0.25, -0.2) is 4.39 Å². The summed E-state index contributed by atoms with van der Waals surface area (Å²) in [7, 11) is 0. The molecule has 0 heterocycles. The Morgan fingerprint density at radius 2 is 1.88 bits per heavy atom. The van der Waals surface area contributed by atoms with E-state index in [0.29, 0.717) is 34.8 Å². The SMILES string of the molecule is Cc1cc([N+](=O)[O-])ccc1C(=O)C1=c2ccc3c(c2CCC1)C(O)C=c1c(F)cccc1=3. The number of benzene rings is 3. The molecule has 0 saturated carbocycles. The van der Waals surface area contributed by atoms with E-state index >= 15 is 0 Å². The van der Waals surface area contributed by atoms with Crippen molar-refractivity contribution >= 4 is 23.1 Å². The average Bonchev–Trinajstić information content (AvgIpc) is 2.78. The van der Waals surface area contributed by atoms with E-state index in [9.17, 15) is 24.4 Å². The second kappa shape index (κ2) is 7.50. The molecule has 0 spiro atoms. The lowest BCUT2D eigenvalue weighted by molar-refractivity contribution is -0.384. The third-order valence-corrected chi connectivity index (χ3v) is 6.44. The number of non-ortho nitro benzene ring substituents is 1. The summed E-state index contributed by atoms with van der Waals surface area (Å²) in [5, 5.41) is 24.6. The van der Waals surface area contributed by atoms with Gasteiger partial charge < -0.3 is 5.11 Å². The number of ketones is 1. The number of hydrogen-bond donors (Lipinski definition) is 1. The molecular formula is C26H20FNO4. The Hall–Kier alpha value is -3.64. The molecule has 2 aliphatic rings. The summed E-state index contributed by atoms with van der Waals surface area (Å²) >= 11 is 0. The Labute approximate surface area is 182 Å². The minimum absolute atomic E-state index is 0.0493. The summed E-state index contributed by atoms with van der Waals surface area (Å²) in [6.45, 7) is 1.70. The Balaban J connectivity index is 1.77. The van der Waals surface area contributed by atoms with Gasteiger partial charge in [0.15, 0.2) is 5.78 Å². The highest BCUT2D eigenvalue weighted by atomic mass is 19.1. The monoisotopic (exact) mass is 429 g/mol. The number of aryl methyl sites for hydroxylation is 1. The molecule has 0 saturated heterocycles. The molecule has 0 aliphatic heterocycles. The van der Waals surface area contributed by atoms with Gasteiger partial charge in [0, 0.05) is 28.5 Å². The number of carbonyl (C=O) groups is 1. The minimum atomic E-state index is -0.958. The van der Waals surface area contributed by atoms with Crippen LogP contribution in [0.15, 0.2) is 48.5 Å². The van der Waals surface area contributed by atoms with Crippen molar-refractivity contribution in [1.82, 2.24) is 0 Å². The van der Waals surface area contributed by atoms with Crippen molar-refractivity contribution in [2.45, 2.75) is 32.3 Å². The van der Waals surface area contributed by atoms with Gasteiger partial charge in [0.25, 0.3) is 5.69 Å². The lowest BCUT2D eigenvalue weighted by Gasteiger charge is -2.23. The molecule has 3 aromatic carbocycles. The van der Waals surface area contributed by atoms with Crippen LogP contribution in [0.4, 0.5) is 10.1 Å². The van der Waals surface area contributed by atoms with E-state index in [1.165, 1.54) is 30.3 Å². The number of hydrogen-bond acceptors (Lipinski definition) is 4. The molecule has 1 N–H and O–H groups in total. The minimum Gasteiger partial charge on any atom is -0.384 e. The maximum atomic E-state index is 14.3. The normalized spacial score (nSPS) is 16.5. The van der Waals surface area contributed by atoms with Crippen molar-refractivity contribution in [3.63, 3.8) is 0 Å². The molecule has 0 aromatic heterocycles. The van der Waals surface area contributed by atoms with Crippen LogP contribution in [-0.4, -0.2) is 15.8 Å². The number of nitrogens with zero attached hydrogens (tertiary/aromatic N) is 1. The fourth-order valence-corrected chi connectivity index (χ4v) is 4.96. The summed E-state index contributed by atoms with van der Waals surface area (Å²) < 4.78 is 14.3. The van der Waals surface area contributed by atoms with Crippen molar-refractivity contribution < 1.29 is 19.2 Å². The topological polar surface area (TPSA) is 80.4 Å². The third-order valence-electron chi connectivity index (χ3n) is 6.44. The number of fused-ring (bicyclic) bond motifs is 4. The highest BCUT2D eigenvalue weighted by Gasteiger charge is 2.25. The summed E-state index contributed by atoms with van der Waals surface area (Å²) in [4.78, 5) is 24.0. The number of rotatable bonds is 3. The second-order valence-electron chi connectivity index (χ2n) is 8.28. The van der Waals surface area contributed by atoms with Crippen LogP contribution in [0.1, 0.15) is 46.0 Å². The van der Waals surface area contributed by atoms with Crippen LogP contribution >= 0.6 is 0 Å². The maximum Gasteiger partial charge on any atom is 0.269 e. The summed E-state index contributed by atoms with van der Waals surface area (Å²) in [6.07, 6.45) is 2.62. The smallest absolute Gasteiger partial charge is 0.269 e. The fourth-order valence-electron chi connectivity index (χ4n) is 4.96. The molecule has 32 heavy (non-hydrogen) atoms. The van der Waals surface area contributed by atoms with E-state index < -0.39 is 11.0 Å². The van der Waals surface area contributed by atoms with Crippen LogP contribution in [0, 0.1) is 33.3 Å². The zero-order valence-corrected chi connectivity index (χ0v) is 17.4. The number of Topliss-reactive ketones (excluding diaryl/α,β-unsaturated/α-hetero) is 1. The third kappa shape index (κ3) is 3.07. The number of halogens is 1. The predicted octanol–water partition coefficient (Wildman–Crippen LogP) is 3.53. The van der Waals surface area contributed by atoms with Gasteiger partial charge in [-0.05, 0) is 76.7 Å². The largest absolute Gasteiger partial charge is 0.384 e. The second-order valence-corrected chi connectivity index (χ2v) is 8.28. The molecule has 5 nitrogen and oxygen atoms in total. The van der Waals surface area contributed by atoms with Crippen LogP contribution in [0.2, 0.25) is 0 Å². The van der Waals surface area contributed by atoms with E-state index in [4.69, 9.17) is 0 Å². The maximum absolute atomic E-state index is 14.3. The molecule has 1 unspecified atom stereocenters. The van der Waals surface area contributed by atoms with Crippen molar-refractivity contribution in [2.75, 3.05) is 0 Å². The fraction of sp³-hybridized carbons (Fsp3) is 0.192. The molecule has 5 rings (SSSR count). The molecule has 0 radical (unpaired) electrons. The van der Waals surface area contributed by atoms with Gasteiger partial charge in [-0.15, -0.1) is 0 Å². The molecular weight excluding hydrogens is 409 g/mol. The molecule has 0 bridgehead atoms. The number of nitro benzene ring substituents is 1. The van der Waals surface area contributed by atoms with Crippen molar-refractivity contribution in [3.05, 3.63) is 108 Å². The lowest BCUT2D eigenvalue weighted by Crippen LogP contribution is -2.27. The lowest BCUT2D eigenvalue weighted by atomic mass is 9.82. The molecule has 6 heteroatoms. The first-order valence-corrected chi connectivity index (χ1v) is 10.5. The highest BCUT2D eigenvalue weighted by molar-refractivity contribution is 6.25. The zero-order valence-electron chi connectivity index (χ0n) is 17.4. The molecule has 0 amide bonds. The van der Waals surface area contributed by atoms with Gasteiger partial charge in [0.1, 0.15) is 5.82 Å². The Morgan fingerprint density at radius 3 is 2.62 bits per heavy atom. The summed E-state index contributed by atoms with van der Waals surface area (Å²) in [5.74, 6) is -0.528. The number of nitro groups is 1. The van der Waals surface area contributed by atoms with E-state index in [1.54, 1.807) is 13.0 Å². The number of aliphatic hydroxyl groups is 1. The zero-order chi connectivity index (χ0) is 22.6. The Kier molecular flexibility index (Phi) is 4.75. The molecule has 2 aliphatic carbocycles. The highest BCUT2D eigenvalue weighted by Crippen LogP contribution is 2.29. The van der Waals surface area contributed by atoms with Gasteiger partial charge in [-0.3, -0.25) is 14.9 Å². The first-order valence-electron chi connectivity index (χ1n) is 10.5. The quantitative estimate of drug-likeness (QED) is 0.392. The van der Waals surface area contributed by atoms with Crippen molar-refractivity contribution in [3.8, 4) is 0 Å². The van der Waals surface area contributed by atoms with Crippen LogP contribution < -0.4 is 10.4 Å². The standard InChI is InChI=1S/C26H20FNO4/c1-14-12-15(28(31)32)8-9-16(14)26(30)21-6-2-5-19-18(21)10-11-20-17-4-3-7-23(27)22(17)13-24(29)25(19)20/h3-4,7-13,24,29H,2,5-6H2,1H3. The summed E-state index contributed by atoms with van der Waals surface area (Å²) in [5.41, 5.74) is 3.23. The van der Waals surface area contributed by atoms with Crippen molar-refractivity contribution in [2.24, 2.45) is 0 Å². The van der Waals surface area contributed by atoms with Gasteiger partial charge in [0.2, 0.25) is 0 Å². The van der Waals surface area contributed by atoms with Crippen LogP contribution in [0.3, 0.4) is 0 Å². The summed E-state index contributed by atoms with van der Waals surface area (Å²) in [6, 6.07) is 12.9. The van der Waals surface area contributed by atoms with E-state index in [-0.39, 0.29) is 17.3 Å². The molecule has 3 aromatic rings. The van der Waals surface area contributed by atoms with Crippen LogP contribution in [0.5, 0.6) is 0 Å². The Morgan fingerprint density at radius 1 is 1.09 bits per heavy atom. The first kappa shape index (κ1) is 20.3. The average molecular weight is 429 g/mol. The van der Waals surface area contributed by atoms with Gasteiger partial charge in [-0.2, -0.15) is 0 Å². The molecule has 1 atom stereocenters. The van der Waals surface area contributed by atoms with E-state index in [2.05, 4.69) is 0 Å². The predicted molar refractivity (Wildman–Crippen MR) is 118 cm³/mol. The van der Waals surface area contributed by atoms with Crippen LogP contribution in [0.25, 0.3) is 11.6 Å². The van der Waals surface area contributed by atoms with Gasteiger partial charge in [-0.1, -0.05) is 24.3 Å². The molecule has 160 valence electrons. The Bertz CT molecular complexity index is 1540.